The summed E-state index contributed by atoms with van der Waals surface area (Å²) in [6.45, 7) is 6.83. The average molecular weight is 636 g/mol. The highest BCUT2D eigenvalue weighted by Gasteiger charge is 2.34. The van der Waals surface area contributed by atoms with Crippen molar-refractivity contribution in [2.75, 3.05) is 36.8 Å². The number of aryl methyl sites for hydroxylation is 2. The van der Waals surface area contributed by atoms with Gasteiger partial charge in [0.2, 0.25) is 0 Å². The predicted molar refractivity (Wildman–Crippen MR) is 170 cm³/mol. The van der Waals surface area contributed by atoms with Gasteiger partial charge in [0.1, 0.15) is 17.5 Å². The number of likely N-dealkylation sites (N-methyl/N-ethyl adjacent to an activating group) is 1. The molecule has 0 fully saturated rings. The summed E-state index contributed by atoms with van der Waals surface area (Å²) in [6, 6.07) is 17.1. The molecule has 0 spiro atoms. The molecule has 45 heavy (non-hydrogen) atoms. The number of anilines is 2. The molecule has 0 saturated carbocycles. The van der Waals surface area contributed by atoms with E-state index in [0.29, 0.717) is 5.69 Å². The first-order chi connectivity index (χ1) is 21.4. The highest BCUT2D eigenvalue weighted by atomic mass is 32.2. The number of hydrogen-bond acceptors (Lipinski definition) is 8. The molecule has 12 nitrogen and oxygen atoms in total. The molecular weight excluding hydrogens is 598 g/mol. The minimum Gasteiger partial charge on any atom is -0.487 e. The number of nitrogens with zero attached hydrogens (tertiary/aromatic N) is 3. The van der Waals surface area contributed by atoms with Crippen LogP contribution < -0.4 is 14.8 Å². The molecule has 0 radical (unpaired) electrons. The Morgan fingerprint density at radius 1 is 1.16 bits per heavy atom. The summed E-state index contributed by atoms with van der Waals surface area (Å²) in [6.07, 6.45) is -0.543. The molecule has 238 valence electrons. The van der Waals surface area contributed by atoms with E-state index in [1.165, 1.54) is 36.9 Å². The van der Waals surface area contributed by atoms with E-state index in [9.17, 15) is 23.1 Å². The number of amides is 3. The van der Waals surface area contributed by atoms with Gasteiger partial charge in [-0.3, -0.25) is 9.52 Å². The number of aliphatic hydroxyl groups excluding tert-OH is 1. The molecular formula is C32H37N5O7S. The summed E-state index contributed by atoms with van der Waals surface area (Å²) in [5.74, 6) is -0.284. The van der Waals surface area contributed by atoms with Gasteiger partial charge in [-0.25, -0.2) is 13.2 Å². The molecule has 3 aromatic carbocycles. The SMILES string of the molecule is Cc1noc(C)c1S(=O)(=O)Nc1ccc2c(c1)C(=O)N([C@@H](C)CO)C[C@@H](C)[C@@H](CN(C)C(=O)Nc1cccc3ccccc13)O2. The maximum Gasteiger partial charge on any atom is 0.321 e. The van der Waals surface area contributed by atoms with E-state index in [-0.39, 0.29) is 65.0 Å². The van der Waals surface area contributed by atoms with Gasteiger partial charge in [0.15, 0.2) is 10.7 Å². The number of urea groups is 1. The van der Waals surface area contributed by atoms with E-state index < -0.39 is 28.1 Å². The van der Waals surface area contributed by atoms with Crippen LogP contribution in [0.3, 0.4) is 0 Å². The monoisotopic (exact) mass is 635 g/mol. The van der Waals surface area contributed by atoms with E-state index in [2.05, 4.69) is 15.2 Å². The fraction of sp³-hybridized carbons (Fsp3) is 0.344. The van der Waals surface area contributed by atoms with Crippen LogP contribution in [-0.2, 0) is 10.0 Å². The number of nitrogens with one attached hydrogen (secondary N) is 2. The molecule has 1 aliphatic rings. The molecule has 1 aliphatic heterocycles. The normalized spacial score (nSPS) is 17.6. The zero-order valence-corrected chi connectivity index (χ0v) is 26.6. The van der Waals surface area contributed by atoms with Crippen LogP contribution in [0, 0.1) is 19.8 Å². The zero-order valence-electron chi connectivity index (χ0n) is 25.8. The van der Waals surface area contributed by atoms with Crippen LogP contribution in [0.15, 0.2) is 70.1 Å². The first-order valence-corrected chi connectivity index (χ1v) is 16.1. The highest BCUT2D eigenvalue weighted by Crippen LogP contribution is 2.32. The second kappa shape index (κ2) is 12.8. The second-order valence-corrected chi connectivity index (χ2v) is 13.0. The van der Waals surface area contributed by atoms with Gasteiger partial charge < -0.3 is 29.5 Å². The number of benzene rings is 3. The van der Waals surface area contributed by atoms with Gasteiger partial charge in [0.25, 0.3) is 15.9 Å². The molecule has 5 rings (SSSR count). The Morgan fingerprint density at radius 2 is 1.89 bits per heavy atom. The van der Waals surface area contributed by atoms with E-state index in [4.69, 9.17) is 9.26 Å². The summed E-state index contributed by atoms with van der Waals surface area (Å²) in [4.78, 5) is 30.1. The minimum absolute atomic E-state index is 0.0777. The number of aliphatic hydroxyl groups is 1. The fourth-order valence-corrected chi connectivity index (χ4v) is 6.85. The molecule has 0 saturated heterocycles. The van der Waals surface area contributed by atoms with Gasteiger partial charge in [0, 0.05) is 30.6 Å². The van der Waals surface area contributed by atoms with Gasteiger partial charge in [-0.1, -0.05) is 48.5 Å². The van der Waals surface area contributed by atoms with Crippen molar-refractivity contribution in [3.8, 4) is 5.75 Å². The number of ether oxygens (including phenoxy) is 1. The van der Waals surface area contributed by atoms with Gasteiger partial charge in [-0.15, -0.1) is 0 Å². The highest BCUT2D eigenvalue weighted by molar-refractivity contribution is 7.92. The summed E-state index contributed by atoms with van der Waals surface area (Å²) >= 11 is 0. The molecule has 0 bridgehead atoms. The Labute approximate surface area is 262 Å². The zero-order chi connectivity index (χ0) is 32.5. The van der Waals surface area contributed by atoms with Gasteiger partial charge in [-0.2, -0.15) is 0 Å². The lowest BCUT2D eigenvalue weighted by molar-refractivity contribution is 0.0371. The molecule has 3 amide bonds. The molecule has 3 atom stereocenters. The lowest BCUT2D eigenvalue weighted by Crippen LogP contribution is -2.50. The van der Waals surface area contributed by atoms with Crippen molar-refractivity contribution in [2.24, 2.45) is 5.92 Å². The molecule has 0 unspecified atom stereocenters. The van der Waals surface area contributed by atoms with Crippen LogP contribution in [-0.4, -0.2) is 79.3 Å². The smallest absolute Gasteiger partial charge is 0.321 e. The summed E-state index contributed by atoms with van der Waals surface area (Å²) in [5, 5.41) is 18.6. The maximum absolute atomic E-state index is 13.8. The molecule has 2 heterocycles. The summed E-state index contributed by atoms with van der Waals surface area (Å²) in [5.41, 5.74) is 1.15. The Kier molecular flexibility index (Phi) is 9.03. The lowest BCUT2D eigenvalue weighted by atomic mass is 9.99. The van der Waals surface area contributed by atoms with Crippen molar-refractivity contribution in [1.82, 2.24) is 15.0 Å². The number of carbonyl (C=O) groups is 2. The Balaban J connectivity index is 1.42. The van der Waals surface area contributed by atoms with Crippen LogP contribution in [0.1, 0.15) is 35.7 Å². The Morgan fingerprint density at radius 3 is 2.60 bits per heavy atom. The maximum atomic E-state index is 13.8. The molecule has 3 N–H and O–H groups in total. The van der Waals surface area contributed by atoms with Crippen molar-refractivity contribution >= 4 is 44.1 Å². The Bertz CT molecular complexity index is 1820. The van der Waals surface area contributed by atoms with E-state index in [0.717, 1.165) is 10.8 Å². The molecule has 13 heteroatoms. The van der Waals surface area contributed by atoms with Crippen LogP contribution >= 0.6 is 0 Å². The quantitative estimate of drug-likeness (QED) is 0.253. The summed E-state index contributed by atoms with van der Waals surface area (Å²) < 4.78 is 40.2. The van der Waals surface area contributed by atoms with Crippen molar-refractivity contribution in [1.29, 1.82) is 0 Å². The molecule has 4 aromatic rings. The van der Waals surface area contributed by atoms with E-state index in [1.54, 1.807) is 18.9 Å². The van der Waals surface area contributed by atoms with Crippen molar-refractivity contribution < 1.29 is 32.4 Å². The van der Waals surface area contributed by atoms with Crippen molar-refractivity contribution in [2.45, 2.75) is 44.7 Å². The topological polar surface area (TPSA) is 154 Å². The van der Waals surface area contributed by atoms with Crippen LogP contribution in [0.25, 0.3) is 10.8 Å². The summed E-state index contributed by atoms with van der Waals surface area (Å²) in [7, 11) is -2.41. The minimum atomic E-state index is -4.07. The van der Waals surface area contributed by atoms with Crippen LogP contribution in [0.2, 0.25) is 0 Å². The largest absolute Gasteiger partial charge is 0.487 e. The standard InChI is InChI=1S/C32H37N5O7S/c1-19-16-37(20(2)18-38)31(39)26-15-24(35-45(41,42)30-21(3)34-44-22(30)4)13-14-28(26)43-29(19)17-36(5)32(40)33-27-12-8-10-23-9-6-7-11-25(23)27/h6-15,19-20,29,35,38H,16-18H2,1-5H3,(H,33,40)/t19-,20+,29-/m1/s1. The number of hydrogen-bond donors (Lipinski definition) is 3. The molecule has 0 aliphatic carbocycles. The van der Waals surface area contributed by atoms with Gasteiger partial charge in [-0.05, 0) is 50.4 Å². The van der Waals surface area contributed by atoms with Crippen LogP contribution in [0.5, 0.6) is 5.75 Å². The molecule has 1 aromatic heterocycles. The number of rotatable bonds is 8. The number of carbonyl (C=O) groups excluding carboxylic acids is 2. The fourth-order valence-electron chi connectivity index (χ4n) is 5.47. The van der Waals surface area contributed by atoms with Gasteiger partial charge >= 0.3 is 6.03 Å². The second-order valence-electron chi connectivity index (χ2n) is 11.4. The lowest BCUT2D eigenvalue weighted by Gasteiger charge is -2.38. The Hall–Kier alpha value is -4.62. The van der Waals surface area contributed by atoms with Gasteiger partial charge in [0.05, 0.1) is 30.4 Å². The first-order valence-electron chi connectivity index (χ1n) is 14.6. The predicted octanol–water partition coefficient (Wildman–Crippen LogP) is 4.63. The van der Waals surface area contributed by atoms with Crippen molar-refractivity contribution in [3.63, 3.8) is 0 Å². The van der Waals surface area contributed by atoms with E-state index in [1.807, 2.05) is 49.4 Å². The number of fused-ring (bicyclic) bond motifs is 2. The van der Waals surface area contributed by atoms with Crippen LogP contribution in [0.4, 0.5) is 16.2 Å². The average Bonchev–Trinajstić information content (AvgIpc) is 3.37. The first kappa shape index (κ1) is 31.8. The number of aromatic nitrogens is 1. The third-order valence-electron chi connectivity index (χ3n) is 7.99. The third kappa shape index (κ3) is 6.59. The third-order valence-corrected chi connectivity index (χ3v) is 9.61. The van der Waals surface area contributed by atoms with E-state index >= 15 is 0 Å². The van der Waals surface area contributed by atoms with Crippen molar-refractivity contribution in [3.05, 3.63) is 77.7 Å². The number of sulfonamides is 1.